The maximum Gasteiger partial charge on any atom is 0.335 e. The lowest BCUT2D eigenvalue weighted by atomic mass is 9.66. The first-order chi connectivity index (χ1) is 10.8. The van der Waals surface area contributed by atoms with Crippen LogP contribution in [0.1, 0.15) is 64.1 Å². The average Bonchev–Trinajstić information content (AvgIpc) is 2.93. The molecule has 1 aromatic rings. The van der Waals surface area contributed by atoms with Gasteiger partial charge in [0, 0.05) is 11.0 Å². The zero-order valence-corrected chi connectivity index (χ0v) is 14.2. The lowest BCUT2D eigenvalue weighted by Crippen LogP contribution is -2.36. The summed E-state index contributed by atoms with van der Waals surface area (Å²) in [6.07, 6.45) is 6.54. The van der Waals surface area contributed by atoms with Crippen LogP contribution in [0.15, 0.2) is 18.8 Å². The normalized spacial score (nSPS) is 23.5. The fraction of sp³-hybridized carbons (Fsp3) is 0.579. The number of rotatable bonds is 6. The van der Waals surface area contributed by atoms with E-state index in [1.54, 1.807) is 0 Å². The number of pyridine rings is 1. The van der Waals surface area contributed by atoms with Crippen molar-refractivity contribution >= 4 is 11.5 Å². The van der Waals surface area contributed by atoms with Gasteiger partial charge in [0.15, 0.2) is 0 Å². The Kier molecular flexibility index (Phi) is 5.23. The van der Waals surface area contributed by atoms with Gasteiger partial charge in [-0.3, -0.25) is 4.98 Å². The second kappa shape index (κ2) is 6.81. The number of carbonyl (C=O) groups is 1. The topological polar surface area (TPSA) is 50.2 Å². The minimum Gasteiger partial charge on any atom is -0.478 e. The van der Waals surface area contributed by atoms with E-state index >= 15 is 0 Å². The molecule has 3 nitrogen and oxygen atoms in total. The van der Waals surface area contributed by atoms with Crippen molar-refractivity contribution in [2.24, 2.45) is 11.8 Å². The van der Waals surface area contributed by atoms with E-state index in [0.717, 1.165) is 19.3 Å². The molecule has 1 saturated carbocycles. The van der Waals surface area contributed by atoms with Crippen molar-refractivity contribution in [2.45, 2.75) is 58.3 Å². The molecular formula is C19H26FNO2. The van der Waals surface area contributed by atoms with Gasteiger partial charge in [-0.2, -0.15) is 0 Å². The summed E-state index contributed by atoms with van der Waals surface area (Å²) in [5.41, 5.74) is 0.686. The quantitative estimate of drug-likeness (QED) is 0.765. The molecule has 3 unspecified atom stereocenters. The molecule has 0 saturated heterocycles. The predicted octanol–water partition coefficient (Wildman–Crippen LogP) is 4.81. The molecule has 4 heteroatoms. The number of aromatic nitrogens is 1. The van der Waals surface area contributed by atoms with E-state index in [1.807, 2.05) is 0 Å². The molecular weight excluding hydrogens is 293 g/mol. The Morgan fingerprint density at radius 2 is 2.22 bits per heavy atom. The molecule has 0 radical (unpaired) electrons. The van der Waals surface area contributed by atoms with Gasteiger partial charge in [-0.1, -0.05) is 46.6 Å². The minimum absolute atomic E-state index is 0.0834. The van der Waals surface area contributed by atoms with Gasteiger partial charge in [-0.05, 0) is 30.7 Å². The zero-order chi connectivity index (χ0) is 17.2. The van der Waals surface area contributed by atoms with Gasteiger partial charge in [-0.25, -0.2) is 9.18 Å². The molecule has 0 bridgehead atoms. The number of carboxylic acids is 1. The maximum absolute atomic E-state index is 13.7. The highest BCUT2D eigenvalue weighted by Crippen LogP contribution is 2.48. The average molecular weight is 319 g/mol. The highest BCUT2D eigenvalue weighted by Gasteiger charge is 2.43. The smallest absolute Gasteiger partial charge is 0.335 e. The molecule has 1 aliphatic carbocycles. The molecule has 1 N–H and O–H groups in total. The molecule has 0 spiro atoms. The molecule has 0 aliphatic heterocycles. The Hall–Kier alpha value is -1.71. The number of hydrogen-bond donors (Lipinski definition) is 1. The summed E-state index contributed by atoms with van der Waals surface area (Å²) in [6.45, 7) is 10.2. The molecule has 126 valence electrons. The van der Waals surface area contributed by atoms with Crippen molar-refractivity contribution in [1.82, 2.24) is 4.98 Å². The first-order valence-electron chi connectivity index (χ1n) is 8.39. The largest absolute Gasteiger partial charge is 0.478 e. The number of hydrogen-bond acceptors (Lipinski definition) is 2. The lowest BCUT2D eigenvalue weighted by Gasteiger charge is -2.39. The van der Waals surface area contributed by atoms with Gasteiger partial charge >= 0.3 is 5.97 Å². The highest BCUT2D eigenvalue weighted by molar-refractivity contribution is 6.14. The maximum atomic E-state index is 13.7. The standard InChI is InChI=1S/C19H26FNO2/c1-5-9-19(4,16-8-6-7-12(16)2)17-15(13(3)18(22)23)10-14(20)11-21-17/h10-12,16H,3,5-9H2,1-2,4H3,(H,22,23). The Morgan fingerprint density at radius 3 is 2.74 bits per heavy atom. The molecule has 0 amide bonds. The third-order valence-corrected chi connectivity index (χ3v) is 5.43. The van der Waals surface area contributed by atoms with Gasteiger partial charge in [0.2, 0.25) is 0 Å². The molecule has 0 aromatic carbocycles. The van der Waals surface area contributed by atoms with Gasteiger partial charge in [0.05, 0.1) is 17.5 Å². The van der Waals surface area contributed by atoms with Gasteiger partial charge in [0.25, 0.3) is 0 Å². The summed E-state index contributed by atoms with van der Waals surface area (Å²) in [6, 6.07) is 1.27. The fourth-order valence-electron chi connectivity index (χ4n) is 4.33. The van der Waals surface area contributed by atoms with Crippen LogP contribution in [0.4, 0.5) is 4.39 Å². The van der Waals surface area contributed by atoms with Crippen LogP contribution in [0.25, 0.3) is 5.57 Å². The predicted molar refractivity (Wildman–Crippen MR) is 89.6 cm³/mol. The van der Waals surface area contributed by atoms with Gasteiger partial charge < -0.3 is 5.11 Å². The second-order valence-electron chi connectivity index (χ2n) is 7.02. The zero-order valence-electron chi connectivity index (χ0n) is 14.2. The fourth-order valence-corrected chi connectivity index (χ4v) is 4.33. The molecule has 3 atom stereocenters. The summed E-state index contributed by atoms with van der Waals surface area (Å²) < 4.78 is 13.7. The summed E-state index contributed by atoms with van der Waals surface area (Å²) in [5.74, 6) is -0.661. The molecule has 1 heterocycles. The van der Waals surface area contributed by atoms with Crippen molar-refractivity contribution in [3.05, 3.63) is 35.9 Å². The minimum atomic E-state index is -1.13. The molecule has 1 aliphatic rings. The Morgan fingerprint density at radius 1 is 1.52 bits per heavy atom. The van der Waals surface area contributed by atoms with Crippen LogP contribution >= 0.6 is 0 Å². The number of aliphatic carboxylic acids is 1. The van der Waals surface area contributed by atoms with Crippen molar-refractivity contribution in [2.75, 3.05) is 0 Å². The van der Waals surface area contributed by atoms with E-state index in [4.69, 9.17) is 0 Å². The lowest BCUT2D eigenvalue weighted by molar-refractivity contribution is -0.130. The first-order valence-corrected chi connectivity index (χ1v) is 8.39. The van der Waals surface area contributed by atoms with E-state index in [2.05, 4.69) is 32.3 Å². The third-order valence-electron chi connectivity index (χ3n) is 5.43. The Labute approximate surface area is 137 Å². The van der Waals surface area contributed by atoms with Crippen LogP contribution < -0.4 is 0 Å². The molecule has 23 heavy (non-hydrogen) atoms. The monoisotopic (exact) mass is 319 g/mol. The summed E-state index contributed by atoms with van der Waals surface area (Å²) >= 11 is 0. The van der Waals surface area contributed by atoms with Crippen LogP contribution in [0, 0.1) is 17.7 Å². The number of nitrogens with zero attached hydrogens (tertiary/aromatic N) is 1. The summed E-state index contributed by atoms with van der Waals surface area (Å²) in [5, 5.41) is 9.31. The van der Waals surface area contributed by atoms with Crippen LogP contribution in [-0.4, -0.2) is 16.1 Å². The van der Waals surface area contributed by atoms with Crippen molar-refractivity contribution in [3.63, 3.8) is 0 Å². The highest BCUT2D eigenvalue weighted by atomic mass is 19.1. The van der Waals surface area contributed by atoms with E-state index in [0.29, 0.717) is 23.1 Å². The van der Waals surface area contributed by atoms with E-state index in [9.17, 15) is 14.3 Å². The van der Waals surface area contributed by atoms with Crippen LogP contribution in [0.2, 0.25) is 0 Å². The third kappa shape index (κ3) is 3.31. The van der Waals surface area contributed by atoms with E-state index < -0.39 is 11.8 Å². The van der Waals surface area contributed by atoms with Crippen molar-refractivity contribution in [3.8, 4) is 0 Å². The summed E-state index contributed by atoms with van der Waals surface area (Å²) in [4.78, 5) is 15.7. The second-order valence-corrected chi connectivity index (χ2v) is 7.02. The molecule has 1 aromatic heterocycles. The van der Waals surface area contributed by atoms with E-state index in [-0.39, 0.29) is 11.0 Å². The Balaban J connectivity index is 2.59. The Bertz CT molecular complexity index is 613. The van der Waals surface area contributed by atoms with Crippen molar-refractivity contribution < 1.29 is 14.3 Å². The molecule has 2 rings (SSSR count). The number of carboxylic acid groups (broad SMARTS) is 1. The first kappa shape index (κ1) is 17.6. The van der Waals surface area contributed by atoms with Gasteiger partial charge in [-0.15, -0.1) is 0 Å². The van der Waals surface area contributed by atoms with Crippen LogP contribution in [-0.2, 0) is 10.2 Å². The van der Waals surface area contributed by atoms with Crippen LogP contribution in [0.3, 0.4) is 0 Å². The number of halogens is 1. The van der Waals surface area contributed by atoms with E-state index in [1.165, 1.54) is 25.1 Å². The SMILES string of the molecule is C=C(C(=O)O)c1cc(F)cnc1C(C)(CCC)C1CCCC1C. The van der Waals surface area contributed by atoms with Crippen LogP contribution in [0.5, 0.6) is 0 Å². The molecule has 1 fully saturated rings. The van der Waals surface area contributed by atoms with Gasteiger partial charge in [0.1, 0.15) is 5.82 Å². The summed E-state index contributed by atoms with van der Waals surface area (Å²) in [7, 11) is 0. The van der Waals surface area contributed by atoms with Crippen molar-refractivity contribution in [1.29, 1.82) is 0 Å².